The van der Waals surface area contributed by atoms with Crippen molar-refractivity contribution in [1.82, 2.24) is 25.3 Å². The van der Waals surface area contributed by atoms with E-state index in [0.717, 1.165) is 12.8 Å². The predicted octanol–water partition coefficient (Wildman–Crippen LogP) is 3.87. The Bertz CT molecular complexity index is 1270. The van der Waals surface area contributed by atoms with Crippen molar-refractivity contribution in [2.45, 2.75) is 130 Å². The molecule has 1 aliphatic heterocycles. The van der Waals surface area contributed by atoms with Gasteiger partial charge in [0.15, 0.2) is 0 Å². The lowest BCUT2D eigenvalue weighted by Crippen LogP contribution is -2.59. The van der Waals surface area contributed by atoms with E-state index < -0.39 is 48.4 Å². The normalized spacial score (nSPS) is 20.1. The number of hydrogen-bond donors (Lipinski definition) is 3. The van der Waals surface area contributed by atoms with Gasteiger partial charge in [0.2, 0.25) is 23.6 Å². The van der Waals surface area contributed by atoms with Gasteiger partial charge in [-0.25, -0.2) is 0 Å². The molecule has 0 radical (unpaired) electrons. The summed E-state index contributed by atoms with van der Waals surface area (Å²) in [5.74, 6) is -1.57. The Morgan fingerprint density at radius 3 is 2.02 bits per heavy atom. The number of nitrogens with zero attached hydrogens (tertiary/aromatic N) is 3. The lowest BCUT2D eigenvalue weighted by atomic mass is 9.89. The number of nitrogens with one attached hydrogen (secondary N) is 2. The third kappa shape index (κ3) is 11.5. The maximum absolute atomic E-state index is 14.2. The molecule has 52 heavy (non-hydrogen) atoms. The van der Waals surface area contributed by atoms with Crippen LogP contribution in [0.4, 0.5) is 0 Å². The number of methoxy groups -OCH3 is 2. The number of aliphatic hydroxyl groups excluding tert-OH is 1. The largest absolute Gasteiger partial charge is 0.386 e. The molecule has 3 N–H and O–H groups in total. The third-order valence-corrected chi connectivity index (χ3v) is 10.9. The van der Waals surface area contributed by atoms with Crippen molar-refractivity contribution in [3.8, 4) is 0 Å². The van der Waals surface area contributed by atoms with E-state index in [1.54, 1.807) is 44.9 Å². The van der Waals surface area contributed by atoms with E-state index in [4.69, 9.17) is 9.47 Å². The van der Waals surface area contributed by atoms with Crippen LogP contribution in [0.25, 0.3) is 0 Å². The molecule has 0 saturated carbocycles. The monoisotopic (exact) mass is 732 g/mol. The lowest BCUT2D eigenvalue weighted by Gasteiger charge is -2.41. The average molecular weight is 732 g/mol. The molecular weight excluding hydrogens is 662 g/mol. The van der Waals surface area contributed by atoms with Crippen molar-refractivity contribution in [2.24, 2.45) is 23.7 Å². The Balaban J connectivity index is 2.25. The van der Waals surface area contributed by atoms with E-state index in [2.05, 4.69) is 10.6 Å². The highest BCUT2D eigenvalue weighted by Gasteiger charge is 2.43. The third-order valence-electron chi connectivity index (χ3n) is 10.9. The van der Waals surface area contributed by atoms with E-state index in [9.17, 15) is 24.3 Å². The minimum atomic E-state index is -0.876. The summed E-state index contributed by atoms with van der Waals surface area (Å²) in [6.45, 7) is 16.0. The Labute approximate surface area is 313 Å². The zero-order valence-electron chi connectivity index (χ0n) is 34.1. The van der Waals surface area contributed by atoms with Crippen molar-refractivity contribution in [3.05, 3.63) is 35.9 Å². The fraction of sp³-hybridized carbons (Fsp3) is 0.750. The van der Waals surface area contributed by atoms with Gasteiger partial charge >= 0.3 is 0 Å². The van der Waals surface area contributed by atoms with E-state index in [-0.39, 0.29) is 53.8 Å². The highest BCUT2D eigenvalue weighted by molar-refractivity contribution is 5.90. The van der Waals surface area contributed by atoms with Gasteiger partial charge in [-0.05, 0) is 57.2 Å². The van der Waals surface area contributed by atoms with Gasteiger partial charge in [0.05, 0.1) is 54.8 Å². The highest BCUT2D eigenvalue weighted by atomic mass is 16.5. The molecule has 2 unspecified atom stereocenters. The molecule has 0 aliphatic carbocycles. The van der Waals surface area contributed by atoms with E-state index in [1.807, 2.05) is 90.9 Å². The first kappa shape index (κ1) is 45.1. The topological polar surface area (TPSA) is 141 Å². The van der Waals surface area contributed by atoms with Crippen LogP contribution in [0.15, 0.2) is 30.3 Å². The lowest BCUT2D eigenvalue weighted by molar-refractivity contribution is -0.148. The zero-order valence-corrected chi connectivity index (χ0v) is 34.1. The number of likely N-dealkylation sites (N-methyl/N-ethyl adjacent to an activating group) is 2. The van der Waals surface area contributed by atoms with E-state index in [0.29, 0.717) is 18.5 Å². The van der Waals surface area contributed by atoms with Gasteiger partial charge in [-0.1, -0.05) is 85.2 Å². The van der Waals surface area contributed by atoms with Crippen LogP contribution in [-0.2, 0) is 28.7 Å². The number of benzene rings is 1. The van der Waals surface area contributed by atoms with Gasteiger partial charge in [0.1, 0.15) is 6.04 Å². The van der Waals surface area contributed by atoms with Crippen LogP contribution in [0, 0.1) is 23.7 Å². The second-order valence-electron chi connectivity index (χ2n) is 15.6. The SMILES string of the molecule is CC[C@H](C)C([C@H](CC(=O)N1CCCC1[C@@H](OC)[C@@H](C)C(=O)N[C@H](C)[C@H](O)c1ccccc1)OC)N(C)C(=O)[C@@H](NC(=O)[C@H](C(C)C)N(C)C)C(C)C. The summed E-state index contributed by atoms with van der Waals surface area (Å²) in [4.78, 5) is 60.6. The fourth-order valence-corrected chi connectivity index (χ4v) is 7.78. The summed E-state index contributed by atoms with van der Waals surface area (Å²) >= 11 is 0. The molecule has 1 heterocycles. The molecule has 12 heteroatoms. The van der Waals surface area contributed by atoms with Crippen LogP contribution < -0.4 is 10.6 Å². The van der Waals surface area contributed by atoms with Crippen LogP contribution in [0.1, 0.15) is 92.7 Å². The molecular formula is C40H69N5O7. The van der Waals surface area contributed by atoms with Gasteiger partial charge < -0.3 is 35.0 Å². The molecule has 10 atom stereocenters. The summed E-state index contributed by atoms with van der Waals surface area (Å²) in [5.41, 5.74) is 0.711. The van der Waals surface area contributed by atoms with Crippen LogP contribution >= 0.6 is 0 Å². The summed E-state index contributed by atoms with van der Waals surface area (Å²) in [5, 5.41) is 16.8. The summed E-state index contributed by atoms with van der Waals surface area (Å²) in [6.07, 6.45) is 0.148. The average Bonchev–Trinajstić information content (AvgIpc) is 3.59. The Morgan fingerprint density at radius 2 is 1.52 bits per heavy atom. The Hall–Kier alpha value is -3.06. The second kappa shape index (κ2) is 21.0. The molecule has 1 aliphatic rings. The molecule has 4 amide bonds. The molecule has 1 aromatic rings. The molecule has 1 saturated heterocycles. The Kier molecular flexibility index (Phi) is 18.2. The zero-order chi connectivity index (χ0) is 39.4. The molecule has 296 valence electrons. The minimum absolute atomic E-state index is 0.0153. The van der Waals surface area contributed by atoms with Crippen molar-refractivity contribution in [1.29, 1.82) is 0 Å². The van der Waals surface area contributed by atoms with Gasteiger partial charge in [-0.2, -0.15) is 0 Å². The molecule has 0 spiro atoms. The number of hydrogen-bond acceptors (Lipinski definition) is 8. The van der Waals surface area contributed by atoms with Crippen molar-refractivity contribution >= 4 is 23.6 Å². The summed E-state index contributed by atoms with van der Waals surface area (Å²) in [7, 11) is 8.57. The maximum atomic E-state index is 14.2. The maximum Gasteiger partial charge on any atom is 0.245 e. The molecule has 1 aromatic carbocycles. The van der Waals surface area contributed by atoms with Gasteiger partial charge in [-0.15, -0.1) is 0 Å². The van der Waals surface area contributed by atoms with Crippen LogP contribution in [0.2, 0.25) is 0 Å². The van der Waals surface area contributed by atoms with E-state index >= 15 is 0 Å². The van der Waals surface area contributed by atoms with Crippen molar-refractivity contribution < 1.29 is 33.8 Å². The molecule has 2 rings (SSSR count). The quantitative estimate of drug-likeness (QED) is 0.184. The van der Waals surface area contributed by atoms with Crippen molar-refractivity contribution in [2.75, 3.05) is 41.9 Å². The number of carbonyl (C=O) groups is 4. The predicted molar refractivity (Wildman–Crippen MR) is 204 cm³/mol. The molecule has 1 fully saturated rings. The second-order valence-corrected chi connectivity index (χ2v) is 15.6. The minimum Gasteiger partial charge on any atom is -0.386 e. The first-order chi connectivity index (χ1) is 24.4. The number of aliphatic hydroxyl groups is 1. The first-order valence-corrected chi connectivity index (χ1v) is 19.0. The number of carbonyl (C=O) groups excluding carboxylic acids is 4. The Morgan fingerprint density at radius 1 is 0.904 bits per heavy atom. The number of rotatable bonds is 20. The van der Waals surface area contributed by atoms with Crippen LogP contribution in [0.5, 0.6) is 0 Å². The highest BCUT2D eigenvalue weighted by Crippen LogP contribution is 2.30. The van der Waals surface area contributed by atoms with E-state index in [1.165, 1.54) is 0 Å². The fourth-order valence-electron chi connectivity index (χ4n) is 7.78. The van der Waals surface area contributed by atoms with Gasteiger partial charge in [0.25, 0.3) is 0 Å². The smallest absolute Gasteiger partial charge is 0.245 e. The number of ether oxygens (including phenoxy) is 2. The number of amides is 4. The number of likely N-dealkylation sites (tertiary alicyclic amines) is 1. The van der Waals surface area contributed by atoms with Gasteiger partial charge in [0, 0.05) is 27.8 Å². The van der Waals surface area contributed by atoms with Crippen LogP contribution in [0.3, 0.4) is 0 Å². The standard InChI is InChI=1S/C40H69N5O7/c1-14-26(6)35(44(11)40(50)33(24(2)3)42-39(49)34(25(4)5)43(9)10)31(51-12)23-32(46)45-22-18-21-30(45)37(52-13)27(7)38(48)41-28(8)36(47)29-19-16-15-17-20-29/h15-17,19-20,24-28,30-31,33-37,47H,14,18,21-23H2,1-13H3,(H,41,48)(H,42,49)/t26-,27+,28+,30?,31-,33-,34-,35?,36-,37-/m0/s1. The molecule has 0 aromatic heterocycles. The van der Waals surface area contributed by atoms with Crippen LogP contribution in [-0.4, -0.2) is 128 Å². The first-order valence-electron chi connectivity index (χ1n) is 19.0. The van der Waals surface area contributed by atoms with Gasteiger partial charge in [-0.3, -0.25) is 24.1 Å². The molecule has 12 nitrogen and oxygen atoms in total. The van der Waals surface area contributed by atoms with Crippen molar-refractivity contribution in [3.63, 3.8) is 0 Å². The summed E-state index contributed by atoms with van der Waals surface area (Å²) < 4.78 is 11.9. The summed E-state index contributed by atoms with van der Waals surface area (Å²) in [6, 6.07) is 6.72. The molecule has 0 bridgehead atoms.